The molecule has 0 unspecified atom stereocenters. The second-order valence-electron chi connectivity index (χ2n) is 0.408. The van der Waals surface area contributed by atoms with Crippen molar-refractivity contribution in [2.45, 2.75) is 0 Å². The smallest absolute Gasteiger partial charge is 0.759 e. The molecule has 0 aliphatic heterocycles. The first kappa shape index (κ1) is 87.5. The van der Waals surface area contributed by atoms with Crippen molar-refractivity contribution in [1.82, 2.24) is 0 Å². The van der Waals surface area contributed by atoms with Crippen LogP contribution in [0.25, 0.3) is 0 Å². The molecule has 0 heterocycles. The predicted molar refractivity (Wildman–Crippen MR) is 37.9 cm³/mol. The molecule has 0 aliphatic rings. The number of hydrogen-bond donors (Lipinski definition) is 0. The van der Waals surface area contributed by atoms with Crippen LogP contribution in [0.4, 0.5) is 0 Å². The van der Waals surface area contributed by atoms with Gasteiger partial charge in [0.15, 0.2) is 0 Å². The van der Waals surface area contributed by atoms with Gasteiger partial charge in [-0.25, -0.2) is 0 Å². The molecule has 0 aromatic carbocycles. The fourth-order valence-corrected chi connectivity index (χ4v) is 0. The summed E-state index contributed by atoms with van der Waals surface area (Å²) in [7, 11) is -5.17. The van der Waals surface area contributed by atoms with Crippen LogP contribution < -0.4 is 0 Å². The van der Waals surface area contributed by atoms with Crippen LogP contribution in [0, 0.1) is 0 Å². The summed E-state index contributed by atoms with van der Waals surface area (Å²) < 4.78 is 34.1. The van der Waals surface area contributed by atoms with Gasteiger partial charge in [-0.1, -0.05) is 0 Å². The Morgan fingerprint density at radius 3 is 0.667 bits per heavy atom. The molecule has 0 aromatic rings. The Morgan fingerprint density at radius 1 is 0.667 bits per heavy atom. The summed E-state index contributed by atoms with van der Waals surface area (Å²) in [6.07, 6.45) is 0. The summed E-state index contributed by atoms with van der Waals surface area (Å²) in [6, 6.07) is 0. The number of rotatable bonds is 0. The van der Waals surface area contributed by atoms with Gasteiger partial charge in [0, 0.05) is 10.4 Å². The van der Waals surface area contributed by atoms with Crippen LogP contribution in [0.5, 0.6) is 0 Å². The van der Waals surface area contributed by atoms with Crippen molar-refractivity contribution in [2.75, 3.05) is 0 Å². The van der Waals surface area contributed by atoms with Crippen LogP contribution >= 0.6 is 0 Å². The average Bonchev–Trinajstić information content (AvgIpc) is 0.722. The molecule has 0 saturated carbocycles. The molecule has 0 saturated heterocycles. The summed E-state index contributed by atoms with van der Waals surface area (Å²) in [6.45, 7) is 0. The molecule has 80 valence electrons. The summed E-state index contributed by atoms with van der Waals surface area (Å²) in [5.41, 5.74) is 0. The molecule has 0 amide bonds. The van der Waals surface area contributed by atoms with E-state index in [2.05, 4.69) is 0 Å². The summed E-state index contributed by atoms with van der Waals surface area (Å²) in [4.78, 5) is 0. The maximum Gasteiger partial charge on any atom is 3.00 e. The van der Waals surface area contributed by atoms with Gasteiger partial charge in [0.25, 0.3) is 0 Å². The molecule has 0 atom stereocenters. The third kappa shape index (κ3) is 32300. The molecule has 0 aromatic heterocycles. The molecular weight excluding hydrogens is 219 g/mol. The quantitative estimate of drug-likeness (QED) is 0.223. The molecule has 12 N–H and O–H groups in total. The second-order valence-corrected chi connectivity index (χ2v) is 1.22. The standard InChI is InChI=1S/Al.H2O4S.6H2O/c;1-5(2,3)4;;;;;;/h;(H2,1,2,3,4);6*1H2/q+3;;;;;;;/p-2. The largest absolute Gasteiger partial charge is 3.00 e. The van der Waals surface area contributed by atoms with E-state index in [0.29, 0.717) is 0 Å². The predicted octanol–water partition coefficient (Wildman–Crippen LogP) is -6.67. The molecule has 0 rings (SSSR count). The Kier molecular flexibility index (Phi) is 221. The molecule has 12 heavy (non-hydrogen) atoms. The SMILES string of the molecule is O.O.O.O.O.O.O=S(=O)([O-])[O-].[Al+3]. The third-order valence-electron chi connectivity index (χ3n) is 0. The fourth-order valence-electron chi connectivity index (χ4n) is 0. The van der Waals surface area contributed by atoms with Crippen molar-refractivity contribution >= 4 is 27.8 Å². The van der Waals surface area contributed by atoms with Gasteiger partial charge in [-0.3, -0.25) is 8.42 Å². The molecule has 0 bridgehead atoms. The van der Waals surface area contributed by atoms with Crippen LogP contribution in [-0.4, -0.2) is 67.7 Å². The Morgan fingerprint density at radius 2 is 0.667 bits per heavy atom. The fraction of sp³-hybridized carbons (Fsp3) is 0. The van der Waals surface area contributed by atoms with Crippen molar-refractivity contribution in [3.05, 3.63) is 0 Å². The van der Waals surface area contributed by atoms with E-state index in [-0.39, 0.29) is 50.2 Å². The first-order valence-corrected chi connectivity index (χ1v) is 2.00. The zero-order valence-electron chi connectivity index (χ0n) is 5.62. The van der Waals surface area contributed by atoms with E-state index in [9.17, 15) is 0 Å². The van der Waals surface area contributed by atoms with Gasteiger partial charge in [-0.15, -0.1) is 0 Å². The molecule has 0 radical (unpaired) electrons. The maximum atomic E-state index is 8.52. The maximum absolute atomic E-state index is 8.52. The minimum Gasteiger partial charge on any atom is -0.759 e. The summed E-state index contributed by atoms with van der Waals surface area (Å²) in [5.74, 6) is 0. The van der Waals surface area contributed by atoms with E-state index in [1.807, 2.05) is 0 Å². The zero-order chi connectivity index (χ0) is 4.50. The van der Waals surface area contributed by atoms with Gasteiger partial charge in [-0.2, -0.15) is 0 Å². The van der Waals surface area contributed by atoms with Crippen molar-refractivity contribution in [3.8, 4) is 0 Å². The number of hydrogen-bond acceptors (Lipinski definition) is 4. The molecule has 10 nitrogen and oxygen atoms in total. The van der Waals surface area contributed by atoms with E-state index in [4.69, 9.17) is 17.5 Å². The first-order valence-electron chi connectivity index (χ1n) is 0.667. The first-order chi connectivity index (χ1) is 2.00. The average molecular weight is 231 g/mol. The van der Waals surface area contributed by atoms with Gasteiger partial charge in [0.2, 0.25) is 0 Å². The van der Waals surface area contributed by atoms with E-state index in [1.165, 1.54) is 0 Å². The van der Waals surface area contributed by atoms with Gasteiger partial charge in [0.05, 0.1) is 0 Å². The Labute approximate surface area is 78.8 Å². The van der Waals surface area contributed by atoms with E-state index >= 15 is 0 Å². The van der Waals surface area contributed by atoms with Gasteiger partial charge >= 0.3 is 17.4 Å². The molecule has 0 spiro atoms. The molecular formula is H12AlO10S+. The zero-order valence-corrected chi connectivity index (χ0v) is 7.59. The van der Waals surface area contributed by atoms with E-state index in [1.54, 1.807) is 0 Å². The summed E-state index contributed by atoms with van der Waals surface area (Å²) >= 11 is 0. The van der Waals surface area contributed by atoms with Crippen LogP contribution in [0.1, 0.15) is 0 Å². The topological polar surface area (TPSA) is 269 Å². The minimum atomic E-state index is -5.17. The van der Waals surface area contributed by atoms with E-state index in [0.717, 1.165) is 0 Å². The van der Waals surface area contributed by atoms with Crippen molar-refractivity contribution in [1.29, 1.82) is 0 Å². The van der Waals surface area contributed by atoms with Gasteiger partial charge in [-0.05, 0) is 0 Å². The molecule has 0 aliphatic carbocycles. The summed E-state index contributed by atoms with van der Waals surface area (Å²) in [5, 5.41) is 0. The second kappa shape index (κ2) is 30.4. The molecule has 12 heteroatoms. The van der Waals surface area contributed by atoms with Crippen LogP contribution in [-0.2, 0) is 10.4 Å². The van der Waals surface area contributed by atoms with Crippen molar-refractivity contribution < 1.29 is 50.4 Å². The van der Waals surface area contributed by atoms with E-state index < -0.39 is 10.4 Å². The monoisotopic (exact) mass is 231 g/mol. The van der Waals surface area contributed by atoms with Crippen molar-refractivity contribution in [3.63, 3.8) is 0 Å². The van der Waals surface area contributed by atoms with Gasteiger partial charge < -0.3 is 42.0 Å². The van der Waals surface area contributed by atoms with Crippen molar-refractivity contribution in [2.24, 2.45) is 0 Å². The minimum absolute atomic E-state index is 0. The molecule has 0 fully saturated rings. The Hall–Kier alpha value is 0.162. The Bertz CT molecular complexity index is 93.0. The Balaban J connectivity index is -0.00000000381. The third-order valence-corrected chi connectivity index (χ3v) is 0. The van der Waals surface area contributed by atoms with Gasteiger partial charge in [0.1, 0.15) is 0 Å². The van der Waals surface area contributed by atoms with Crippen LogP contribution in [0.15, 0.2) is 0 Å². The van der Waals surface area contributed by atoms with Crippen LogP contribution in [0.2, 0.25) is 0 Å². The normalized spacial score (nSPS) is 4.83. The van der Waals surface area contributed by atoms with Crippen LogP contribution in [0.3, 0.4) is 0 Å².